The molecule has 0 aliphatic carbocycles. The van der Waals surface area contributed by atoms with E-state index < -0.39 is 20.5 Å². The number of hydrogen-bond acceptors (Lipinski definition) is 3. The third kappa shape index (κ3) is 3.40. The van der Waals surface area contributed by atoms with Crippen molar-refractivity contribution in [3.05, 3.63) is 60.2 Å². The molecule has 0 fully saturated rings. The summed E-state index contributed by atoms with van der Waals surface area (Å²) in [4.78, 5) is 0.711. The summed E-state index contributed by atoms with van der Waals surface area (Å²) in [6.45, 7) is 1.88. The Morgan fingerprint density at radius 1 is 0.900 bits per heavy atom. The van der Waals surface area contributed by atoms with Crippen molar-refractivity contribution in [2.75, 3.05) is 6.26 Å². The largest absolute Gasteiger partial charge is 0.333 e. The van der Waals surface area contributed by atoms with E-state index >= 15 is 0 Å². The van der Waals surface area contributed by atoms with Gasteiger partial charge in [-0.15, -0.1) is 4.13 Å². The third-order valence-corrected chi connectivity index (χ3v) is 7.06. The zero-order chi connectivity index (χ0) is 14.8. The first-order chi connectivity index (χ1) is 9.31. The van der Waals surface area contributed by atoms with Crippen molar-refractivity contribution in [3.63, 3.8) is 0 Å². The fraction of sp³-hybridized carbons (Fsp3) is 0.143. The molecule has 0 aliphatic rings. The predicted molar refractivity (Wildman–Crippen MR) is 82.4 cm³/mol. The van der Waals surface area contributed by atoms with Crippen LogP contribution in [0.15, 0.2) is 64.4 Å². The maximum atomic E-state index is 12.3. The molecular formula is C14H17NO3S2. The fourth-order valence-corrected chi connectivity index (χ4v) is 5.37. The molecule has 0 saturated carbocycles. The molecule has 0 aliphatic heterocycles. The van der Waals surface area contributed by atoms with Crippen LogP contribution in [0.5, 0.6) is 0 Å². The van der Waals surface area contributed by atoms with Crippen LogP contribution in [0.25, 0.3) is 0 Å². The standard InChI is InChI=1S/C14H17NO3S2/c1-12-8-10-14(11-9-12)20(17,18)15-19(2,16)13-6-4-3-5-7-13/h3-11,15-16H,1-2H3. The van der Waals surface area contributed by atoms with Crippen molar-refractivity contribution in [1.82, 2.24) is 4.13 Å². The van der Waals surface area contributed by atoms with E-state index in [-0.39, 0.29) is 4.90 Å². The molecular weight excluding hydrogens is 294 g/mol. The molecule has 2 N–H and O–H groups in total. The van der Waals surface area contributed by atoms with Crippen LogP contribution in [-0.2, 0) is 10.0 Å². The van der Waals surface area contributed by atoms with Crippen LogP contribution in [0.4, 0.5) is 0 Å². The van der Waals surface area contributed by atoms with Gasteiger partial charge in [0.05, 0.1) is 4.90 Å². The Hall–Kier alpha value is -1.34. The first-order valence-corrected chi connectivity index (χ1v) is 9.45. The van der Waals surface area contributed by atoms with Crippen molar-refractivity contribution in [3.8, 4) is 0 Å². The molecule has 2 aromatic carbocycles. The van der Waals surface area contributed by atoms with E-state index in [1.54, 1.807) is 36.4 Å². The Kier molecular flexibility index (Phi) is 4.19. The molecule has 0 heterocycles. The summed E-state index contributed by atoms with van der Waals surface area (Å²) in [6, 6.07) is 15.2. The Labute approximate surface area is 121 Å². The number of sulfonamides is 1. The SMILES string of the molecule is Cc1ccc(S(=O)(=O)NS(C)(O)c2ccccc2)cc1. The van der Waals surface area contributed by atoms with Crippen molar-refractivity contribution in [1.29, 1.82) is 0 Å². The van der Waals surface area contributed by atoms with Gasteiger partial charge >= 0.3 is 0 Å². The van der Waals surface area contributed by atoms with Crippen molar-refractivity contribution in [2.45, 2.75) is 16.7 Å². The lowest BCUT2D eigenvalue weighted by Crippen LogP contribution is -2.27. The van der Waals surface area contributed by atoms with Gasteiger partial charge in [-0.25, -0.2) is 8.42 Å². The molecule has 2 rings (SSSR count). The van der Waals surface area contributed by atoms with Crippen LogP contribution in [0.2, 0.25) is 0 Å². The van der Waals surface area contributed by atoms with E-state index in [2.05, 4.69) is 4.13 Å². The minimum Gasteiger partial charge on any atom is -0.333 e. The van der Waals surface area contributed by atoms with Crippen LogP contribution in [0, 0.1) is 6.92 Å². The molecule has 1 unspecified atom stereocenters. The topological polar surface area (TPSA) is 66.4 Å². The molecule has 4 nitrogen and oxygen atoms in total. The second-order valence-corrected chi connectivity index (χ2v) is 8.96. The Bertz CT molecular complexity index is 680. The predicted octanol–water partition coefficient (Wildman–Crippen LogP) is 3.15. The van der Waals surface area contributed by atoms with E-state index in [1.165, 1.54) is 18.4 Å². The smallest absolute Gasteiger partial charge is 0.250 e. The van der Waals surface area contributed by atoms with E-state index in [4.69, 9.17) is 0 Å². The minimum absolute atomic E-state index is 0.145. The van der Waals surface area contributed by atoms with Gasteiger partial charge in [-0.2, -0.15) is 0 Å². The molecule has 0 aromatic heterocycles. The van der Waals surface area contributed by atoms with Gasteiger partial charge in [0.15, 0.2) is 0 Å². The summed E-state index contributed by atoms with van der Waals surface area (Å²) < 4.78 is 37.4. The van der Waals surface area contributed by atoms with Crippen molar-refractivity contribution in [2.24, 2.45) is 0 Å². The van der Waals surface area contributed by atoms with Gasteiger partial charge in [-0.3, -0.25) is 0 Å². The maximum absolute atomic E-state index is 12.3. The van der Waals surface area contributed by atoms with Gasteiger partial charge in [0.2, 0.25) is 10.0 Å². The molecule has 0 saturated heterocycles. The number of nitrogens with one attached hydrogen (secondary N) is 1. The molecule has 0 spiro atoms. The lowest BCUT2D eigenvalue weighted by molar-refractivity contribution is 0.586. The van der Waals surface area contributed by atoms with Crippen LogP contribution in [0.3, 0.4) is 0 Å². The van der Waals surface area contributed by atoms with Gasteiger partial charge in [-0.1, -0.05) is 35.9 Å². The average Bonchev–Trinajstić information content (AvgIpc) is 2.39. The van der Waals surface area contributed by atoms with Gasteiger partial charge in [0.25, 0.3) is 0 Å². The molecule has 2 aromatic rings. The highest BCUT2D eigenvalue weighted by Crippen LogP contribution is 2.45. The monoisotopic (exact) mass is 311 g/mol. The van der Waals surface area contributed by atoms with Gasteiger partial charge in [0.1, 0.15) is 0 Å². The average molecular weight is 311 g/mol. The highest BCUT2D eigenvalue weighted by Gasteiger charge is 2.25. The molecule has 0 amide bonds. The highest BCUT2D eigenvalue weighted by atomic mass is 32.3. The van der Waals surface area contributed by atoms with E-state index in [0.717, 1.165) is 5.56 Å². The van der Waals surface area contributed by atoms with E-state index in [1.807, 2.05) is 13.0 Å². The minimum atomic E-state index is -3.75. The van der Waals surface area contributed by atoms with E-state index in [9.17, 15) is 13.0 Å². The zero-order valence-corrected chi connectivity index (χ0v) is 12.9. The molecule has 0 radical (unpaired) electrons. The van der Waals surface area contributed by atoms with Crippen LogP contribution >= 0.6 is 10.5 Å². The summed E-state index contributed by atoms with van der Waals surface area (Å²) >= 11 is 0. The number of aryl methyl sites for hydroxylation is 1. The van der Waals surface area contributed by atoms with Crippen molar-refractivity contribution >= 4 is 20.5 Å². The number of rotatable bonds is 4. The van der Waals surface area contributed by atoms with Gasteiger partial charge in [-0.05, 0) is 41.7 Å². The quantitative estimate of drug-likeness (QED) is 0.911. The summed E-state index contributed by atoms with van der Waals surface area (Å²) in [5.74, 6) is 0. The van der Waals surface area contributed by atoms with Crippen LogP contribution in [-0.4, -0.2) is 19.2 Å². The summed E-state index contributed by atoms with van der Waals surface area (Å²) in [5, 5.41) is 0. The lowest BCUT2D eigenvalue weighted by Gasteiger charge is -2.30. The normalized spacial score (nSPS) is 16.4. The summed E-state index contributed by atoms with van der Waals surface area (Å²) in [6.07, 6.45) is 1.49. The highest BCUT2D eigenvalue weighted by molar-refractivity contribution is 8.31. The third-order valence-electron chi connectivity index (χ3n) is 2.81. The molecule has 1 atom stereocenters. The Morgan fingerprint density at radius 3 is 2.00 bits per heavy atom. The molecule has 6 heteroatoms. The van der Waals surface area contributed by atoms with E-state index in [0.29, 0.717) is 4.90 Å². The molecule has 0 bridgehead atoms. The second-order valence-electron chi connectivity index (χ2n) is 4.59. The first-order valence-electron chi connectivity index (χ1n) is 5.97. The maximum Gasteiger partial charge on any atom is 0.250 e. The lowest BCUT2D eigenvalue weighted by atomic mass is 10.2. The number of benzene rings is 2. The van der Waals surface area contributed by atoms with Gasteiger partial charge < -0.3 is 4.55 Å². The first kappa shape index (κ1) is 15.1. The zero-order valence-electron chi connectivity index (χ0n) is 11.3. The van der Waals surface area contributed by atoms with Gasteiger partial charge in [0, 0.05) is 11.2 Å². The molecule has 108 valence electrons. The molecule has 20 heavy (non-hydrogen) atoms. The summed E-state index contributed by atoms with van der Waals surface area (Å²) in [7, 11) is -6.36. The van der Waals surface area contributed by atoms with Crippen molar-refractivity contribution < 1.29 is 13.0 Å². The second kappa shape index (κ2) is 5.57. The Morgan fingerprint density at radius 2 is 1.45 bits per heavy atom. The Balaban J connectivity index is 2.30. The van der Waals surface area contributed by atoms with Crippen LogP contribution < -0.4 is 4.13 Å². The fourth-order valence-electron chi connectivity index (χ4n) is 1.71. The van der Waals surface area contributed by atoms with Crippen LogP contribution in [0.1, 0.15) is 5.56 Å². The number of hydrogen-bond donors (Lipinski definition) is 2. The summed E-state index contributed by atoms with van der Waals surface area (Å²) in [5.41, 5.74) is 0.978.